The monoisotopic (exact) mass is 308 g/mol. The summed E-state index contributed by atoms with van der Waals surface area (Å²) in [6, 6.07) is 10.0. The van der Waals surface area contributed by atoms with E-state index < -0.39 is 0 Å². The van der Waals surface area contributed by atoms with Gasteiger partial charge in [-0.15, -0.1) is 10.2 Å². The highest BCUT2D eigenvalue weighted by Gasteiger charge is 2.19. The van der Waals surface area contributed by atoms with Gasteiger partial charge in [0.15, 0.2) is 11.6 Å². The van der Waals surface area contributed by atoms with Gasteiger partial charge in [0.2, 0.25) is 5.95 Å². The summed E-state index contributed by atoms with van der Waals surface area (Å²) in [6.07, 6.45) is 5.18. The van der Waals surface area contributed by atoms with Gasteiger partial charge in [0.25, 0.3) is 0 Å². The largest absolute Gasteiger partial charge is 0.486 e. The highest BCUT2D eigenvalue weighted by atomic mass is 16.5. The second-order valence-corrected chi connectivity index (χ2v) is 5.36. The van der Waals surface area contributed by atoms with Crippen LogP contribution in [0.25, 0.3) is 0 Å². The van der Waals surface area contributed by atoms with E-state index in [1.54, 1.807) is 18.7 Å². The van der Waals surface area contributed by atoms with Gasteiger partial charge in [-0.05, 0) is 5.56 Å². The van der Waals surface area contributed by atoms with Gasteiger partial charge in [-0.2, -0.15) is 0 Å². The Morgan fingerprint density at radius 2 is 1.87 bits per heavy atom. The van der Waals surface area contributed by atoms with E-state index in [4.69, 9.17) is 4.74 Å². The molecule has 23 heavy (non-hydrogen) atoms. The highest BCUT2D eigenvalue weighted by Crippen LogP contribution is 2.17. The lowest BCUT2D eigenvalue weighted by molar-refractivity contribution is 0.303. The minimum atomic E-state index is 0.510. The predicted octanol–water partition coefficient (Wildman–Crippen LogP) is 1.67. The SMILES string of the molecule is c1ccc(COc2cnc(N3CCn4cnnc4C3)nc2)cc1. The molecule has 1 aliphatic rings. The number of aromatic nitrogens is 5. The van der Waals surface area contributed by atoms with Crippen molar-refractivity contribution in [3.63, 3.8) is 0 Å². The lowest BCUT2D eigenvalue weighted by atomic mass is 10.2. The molecule has 0 saturated carbocycles. The van der Waals surface area contributed by atoms with Gasteiger partial charge in [-0.25, -0.2) is 9.97 Å². The van der Waals surface area contributed by atoms with E-state index in [2.05, 4.69) is 25.1 Å². The molecule has 0 unspecified atom stereocenters. The van der Waals surface area contributed by atoms with Crippen LogP contribution in [-0.4, -0.2) is 31.3 Å². The number of hydrogen-bond donors (Lipinski definition) is 0. The first kappa shape index (κ1) is 13.7. The zero-order chi connectivity index (χ0) is 15.5. The zero-order valence-electron chi connectivity index (χ0n) is 12.5. The van der Waals surface area contributed by atoms with Crippen LogP contribution in [0.4, 0.5) is 5.95 Å². The fraction of sp³-hybridized carbons (Fsp3) is 0.250. The van der Waals surface area contributed by atoms with Crippen molar-refractivity contribution in [2.24, 2.45) is 0 Å². The van der Waals surface area contributed by atoms with Crippen molar-refractivity contribution >= 4 is 5.95 Å². The lowest BCUT2D eigenvalue weighted by Crippen LogP contribution is -2.34. The van der Waals surface area contributed by atoms with Crippen LogP contribution in [0, 0.1) is 0 Å². The minimum Gasteiger partial charge on any atom is -0.486 e. The molecule has 1 aliphatic heterocycles. The molecule has 0 aliphatic carbocycles. The van der Waals surface area contributed by atoms with E-state index in [1.807, 2.05) is 34.9 Å². The van der Waals surface area contributed by atoms with Gasteiger partial charge < -0.3 is 14.2 Å². The third-order valence-electron chi connectivity index (χ3n) is 3.78. The van der Waals surface area contributed by atoms with Gasteiger partial charge in [-0.3, -0.25) is 0 Å². The average Bonchev–Trinajstić information content (AvgIpc) is 3.09. The van der Waals surface area contributed by atoms with Crippen molar-refractivity contribution in [2.45, 2.75) is 19.7 Å². The molecule has 1 aromatic carbocycles. The number of fused-ring (bicyclic) bond motifs is 1. The molecular formula is C16H16N6O. The summed E-state index contributed by atoms with van der Waals surface area (Å²) in [5.74, 6) is 2.29. The molecule has 116 valence electrons. The Labute approximate surface area is 133 Å². The third-order valence-corrected chi connectivity index (χ3v) is 3.78. The summed E-state index contributed by atoms with van der Waals surface area (Å²) in [7, 11) is 0. The molecular weight excluding hydrogens is 292 g/mol. The number of anilines is 1. The van der Waals surface area contributed by atoms with Crippen LogP contribution in [0.3, 0.4) is 0 Å². The van der Waals surface area contributed by atoms with Gasteiger partial charge >= 0.3 is 0 Å². The zero-order valence-corrected chi connectivity index (χ0v) is 12.5. The Morgan fingerprint density at radius 1 is 1.04 bits per heavy atom. The Hall–Kier alpha value is -2.96. The summed E-state index contributed by atoms with van der Waals surface area (Å²) in [5.41, 5.74) is 1.12. The number of benzene rings is 1. The van der Waals surface area contributed by atoms with Gasteiger partial charge in [0.1, 0.15) is 12.9 Å². The second kappa shape index (κ2) is 6.04. The molecule has 0 atom stereocenters. The predicted molar refractivity (Wildman–Crippen MR) is 83.9 cm³/mol. The molecule has 0 spiro atoms. The van der Waals surface area contributed by atoms with E-state index in [1.165, 1.54) is 0 Å². The van der Waals surface area contributed by atoms with Crippen LogP contribution in [0.2, 0.25) is 0 Å². The van der Waals surface area contributed by atoms with Crippen molar-refractivity contribution in [1.82, 2.24) is 24.7 Å². The lowest BCUT2D eigenvalue weighted by Gasteiger charge is -2.26. The molecule has 0 amide bonds. The molecule has 0 fully saturated rings. The molecule has 2 aromatic heterocycles. The standard InChI is InChI=1S/C16H16N6O/c1-2-4-13(5-3-1)11-23-14-8-17-16(18-9-14)21-6-7-22-12-19-20-15(22)10-21/h1-5,8-9,12H,6-7,10-11H2. The second-order valence-electron chi connectivity index (χ2n) is 5.36. The maximum absolute atomic E-state index is 5.71. The topological polar surface area (TPSA) is 69.0 Å². The van der Waals surface area contributed by atoms with Crippen molar-refractivity contribution in [3.8, 4) is 5.75 Å². The van der Waals surface area contributed by atoms with Crippen molar-refractivity contribution in [3.05, 3.63) is 60.4 Å². The molecule has 3 aromatic rings. The van der Waals surface area contributed by atoms with E-state index in [9.17, 15) is 0 Å². The summed E-state index contributed by atoms with van der Waals surface area (Å²) >= 11 is 0. The van der Waals surface area contributed by atoms with E-state index in [0.717, 1.165) is 24.5 Å². The smallest absolute Gasteiger partial charge is 0.225 e. The highest BCUT2D eigenvalue weighted by molar-refractivity contribution is 5.32. The first-order chi connectivity index (χ1) is 11.4. The quantitative estimate of drug-likeness (QED) is 0.730. The van der Waals surface area contributed by atoms with E-state index in [0.29, 0.717) is 24.8 Å². The maximum Gasteiger partial charge on any atom is 0.225 e. The van der Waals surface area contributed by atoms with E-state index >= 15 is 0 Å². The Morgan fingerprint density at radius 3 is 2.70 bits per heavy atom. The van der Waals surface area contributed by atoms with Crippen LogP contribution >= 0.6 is 0 Å². The first-order valence-corrected chi connectivity index (χ1v) is 7.49. The summed E-state index contributed by atoms with van der Waals surface area (Å²) in [4.78, 5) is 10.9. The van der Waals surface area contributed by atoms with E-state index in [-0.39, 0.29) is 0 Å². The Kier molecular flexibility index (Phi) is 3.59. The normalized spacial score (nSPS) is 13.7. The van der Waals surface area contributed by atoms with Gasteiger partial charge in [0, 0.05) is 13.1 Å². The van der Waals surface area contributed by atoms with Gasteiger partial charge in [-0.1, -0.05) is 30.3 Å². The van der Waals surface area contributed by atoms with Crippen molar-refractivity contribution in [1.29, 1.82) is 0 Å². The van der Waals surface area contributed by atoms with Crippen molar-refractivity contribution in [2.75, 3.05) is 11.4 Å². The molecule has 3 heterocycles. The summed E-state index contributed by atoms with van der Waals surface area (Å²) in [5, 5.41) is 8.03. The molecule has 0 N–H and O–H groups in total. The fourth-order valence-electron chi connectivity index (χ4n) is 2.53. The molecule has 7 heteroatoms. The van der Waals surface area contributed by atoms with Crippen LogP contribution in [0.5, 0.6) is 5.75 Å². The van der Waals surface area contributed by atoms with Crippen LogP contribution in [0.15, 0.2) is 49.1 Å². The number of rotatable bonds is 4. The maximum atomic E-state index is 5.71. The molecule has 0 saturated heterocycles. The number of ether oxygens (including phenoxy) is 1. The van der Waals surface area contributed by atoms with Crippen LogP contribution in [0.1, 0.15) is 11.4 Å². The number of hydrogen-bond acceptors (Lipinski definition) is 6. The first-order valence-electron chi connectivity index (χ1n) is 7.49. The minimum absolute atomic E-state index is 0.510. The molecule has 0 bridgehead atoms. The molecule has 0 radical (unpaired) electrons. The summed E-state index contributed by atoms with van der Waals surface area (Å²) < 4.78 is 7.76. The summed E-state index contributed by atoms with van der Waals surface area (Å²) in [6.45, 7) is 2.87. The molecule has 4 rings (SSSR count). The molecule has 7 nitrogen and oxygen atoms in total. The van der Waals surface area contributed by atoms with Crippen LogP contribution < -0.4 is 9.64 Å². The van der Waals surface area contributed by atoms with Crippen LogP contribution in [-0.2, 0) is 19.7 Å². The fourth-order valence-corrected chi connectivity index (χ4v) is 2.53. The number of nitrogens with zero attached hydrogens (tertiary/aromatic N) is 6. The Balaban J connectivity index is 1.40. The van der Waals surface area contributed by atoms with Gasteiger partial charge in [0.05, 0.1) is 18.9 Å². The average molecular weight is 308 g/mol. The third kappa shape index (κ3) is 2.98. The Bertz CT molecular complexity index is 771. The van der Waals surface area contributed by atoms with Crippen molar-refractivity contribution < 1.29 is 4.74 Å².